The molecule has 0 saturated carbocycles. The van der Waals surface area contributed by atoms with Crippen LogP contribution in [0.3, 0.4) is 0 Å². The lowest BCUT2D eigenvalue weighted by molar-refractivity contribution is -0.386. The zero-order chi connectivity index (χ0) is 69.6. The Bertz CT molecular complexity index is 2060. The van der Waals surface area contributed by atoms with Gasteiger partial charge in [-0.1, -0.05) is 230 Å². The number of ether oxygens (including phenoxy) is 6. The van der Waals surface area contributed by atoms with E-state index in [-0.39, 0.29) is 12.3 Å². The zero-order valence-electron chi connectivity index (χ0n) is 58.0. The molecule has 0 spiro atoms. The molecule has 3 fully saturated rings. The number of rotatable bonds is 56. The van der Waals surface area contributed by atoms with Gasteiger partial charge in [0.2, 0.25) is 11.8 Å². The SMILES string of the molecule is CCCCCCCCCC/C=C/C(O)C(COC1OC(CO)C(OC2OC(CO)C(O)C(OC3(C(=O)O)CC(O)C(NC(C)=O)C(C(O)C(O)CO)O3)C2O)C(O)C1O)NC(=O)CCCCCCCCCCCCCCCCC/C=C\C/C=C\CCCCCCCCCCC. The third kappa shape index (κ3) is 33.8. The van der Waals surface area contributed by atoms with Gasteiger partial charge in [-0.25, -0.2) is 4.79 Å². The maximum atomic E-state index is 13.4. The largest absolute Gasteiger partial charge is 0.477 e. The van der Waals surface area contributed by atoms with Crippen molar-refractivity contribution in [3.63, 3.8) is 0 Å². The van der Waals surface area contributed by atoms with Crippen molar-refractivity contribution in [1.29, 1.82) is 0 Å². The summed E-state index contributed by atoms with van der Waals surface area (Å²) in [5.74, 6) is -6.14. The first-order valence-corrected chi connectivity index (χ1v) is 36.9. The summed E-state index contributed by atoms with van der Waals surface area (Å²) in [5, 5.41) is 136. The molecule has 3 rings (SSSR count). The van der Waals surface area contributed by atoms with Gasteiger partial charge in [-0.05, 0) is 51.4 Å². The molecule has 14 N–H and O–H groups in total. The molecule has 0 aromatic rings. The van der Waals surface area contributed by atoms with E-state index in [4.69, 9.17) is 28.4 Å². The van der Waals surface area contributed by atoms with Crippen molar-refractivity contribution in [2.75, 3.05) is 26.4 Å². The van der Waals surface area contributed by atoms with Gasteiger partial charge in [-0.3, -0.25) is 9.59 Å². The average molecular weight is 1360 g/mol. The fourth-order valence-corrected chi connectivity index (χ4v) is 12.7. The van der Waals surface area contributed by atoms with E-state index >= 15 is 0 Å². The van der Waals surface area contributed by atoms with Gasteiger partial charge in [0, 0.05) is 19.8 Å². The van der Waals surface area contributed by atoms with Crippen molar-refractivity contribution in [1.82, 2.24) is 10.6 Å². The Hall–Kier alpha value is -3.05. The number of carbonyl (C=O) groups is 3. The quantitative estimate of drug-likeness (QED) is 0.0204. The summed E-state index contributed by atoms with van der Waals surface area (Å²) in [5.41, 5.74) is 0. The fraction of sp³-hybridized carbons (Fsp3) is 0.875. The van der Waals surface area contributed by atoms with Crippen molar-refractivity contribution < 1.29 is 104 Å². The summed E-state index contributed by atoms with van der Waals surface area (Å²) in [6.45, 7) is 2.10. The van der Waals surface area contributed by atoms with Crippen LogP contribution in [-0.2, 0) is 42.8 Å². The molecule has 3 saturated heterocycles. The number of carboxylic acids is 1. The lowest BCUT2D eigenvalue weighted by Gasteiger charge is -2.50. The second kappa shape index (κ2) is 52.0. The van der Waals surface area contributed by atoms with E-state index in [0.717, 1.165) is 58.3 Å². The Morgan fingerprint density at radius 1 is 0.558 bits per heavy atom. The minimum absolute atomic E-state index is 0.200. The molecule has 0 aromatic carbocycles. The summed E-state index contributed by atoms with van der Waals surface area (Å²) in [6, 6.07) is -2.62. The molecule has 0 radical (unpaired) electrons. The summed E-state index contributed by atoms with van der Waals surface area (Å²) < 4.78 is 34.7. The number of amides is 2. The maximum Gasteiger partial charge on any atom is 0.364 e. The van der Waals surface area contributed by atoms with Gasteiger partial charge < -0.3 is 100 Å². The Balaban J connectivity index is 1.47. The van der Waals surface area contributed by atoms with Crippen LogP contribution in [-0.4, -0.2) is 215 Å². The molecule has 0 aliphatic carbocycles. The first kappa shape index (κ1) is 86.2. The molecule has 0 aromatic heterocycles. The van der Waals surface area contributed by atoms with Crippen LogP contribution in [0.2, 0.25) is 0 Å². The number of aliphatic carboxylic acids is 1. The molecule has 0 bridgehead atoms. The molecule has 95 heavy (non-hydrogen) atoms. The van der Waals surface area contributed by atoms with Crippen molar-refractivity contribution in [2.24, 2.45) is 0 Å². The number of carbonyl (C=O) groups excluding carboxylic acids is 2. The van der Waals surface area contributed by atoms with Crippen LogP contribution in [0.5, 0.6) is 0 Å². The minimum atomic E-state index is -3.08. The molecule has 3 aliphatic heterocycles. The minimum Gasteiger partial charge on any atom is -0.477 e. The molecule has 2 amide bonds. The highest BCUT2D eigenvalue weighted by Gasteiger charge is 2.60. The van der Waals surface area contributed by atoms with Crippen LogP contribution < -0.4 is 10.6 Å². The lowest BCUT2D eigenvalue weighted by atomic mass is 9.88. The summed E-state index contributed by atoms with van der Waals surface area (Å²) in [7, 11) is 0. The zero-order valence-corrected chi connectivity index (χ0v) is 58.0. The van der Waals surface area contributed by atoms with Gasteiger partial charge in [0.15, 0.2) is 12.6 Å². The molecule has 3 heterocycles. The van der Waals surface area contributed by atoms with E-state index < -0.39 is 155 Å². The Kier molecular flexibility index (Phi) is 47.2. The number of aliphatic hydroxyl groups is 11. The number of nitrogens with one attached hydrogen (secondary N) is 2. The van der Waals surface area contributed by atoms with Crippen LogP contribution in [0.1, 0.15) is 265 Å². The van der Waals surface area contributed by atoms with E-state index in [0.29, 0.717) is 12.8 Å². The molecular formula is C72H130N2O21. The van der Waals surface area contributed by atoms with Gasteiger partial charge in [-0.15, -0.1) is 0 Å². The van der Waals surface area contributed by atoms with E-state index in [1.165, 1.54) is 167 Å². The van der Waals surface area contributed by atoms with Crippen molar-refractivity contribution in [2.45, 2.75) is 375 Å². The number of allylic oxidation sites excluding steroid dienone is 5. The number of hydrogen-bond donors (Lipinski definition) is 14. The highest BCUT2D eigenvalue weighted by Crippen LogP contribution is 2.39. The smallest absolute Gasteiger partial charge is 0.364 e. The topological polar surface area (TPSA) is 373 Å². The number of aliphatic hydroxyl groups excluding tert-OH is 11. The number of unbranched alkanes of at least 4 members (excludes halogenated alkanes) is 32. The van der Waals surface area contributed by atoms with Crippen LogP contribution in [0, 0.1) is 0 Å². The third-order valence-electron chi connectivity index (χ3n) is 18.6. The van der Waals surface area contributed by atoms with Gasteiger partial charge in [0.05, 0.1) is 50.7 Å². The van der Waals surface area contributed by atoms with Gasteiger partial charge >= 0.3 is 5.97 Å². The maximum absolute atomic E-state index is 13.4. The summed E-state index contributed by atoms with van der Waals surface area (Å²) >= 11 is 0. The molecule has 18 unspecified atom stereocenters. The second-order valence-electron chi connectivity index (χ2n) is 26.8. The average Bonchev–Trinajstić information content (AvgIpc) is 0.758. The molecule has 3 aliphatic rings. The number of carboxylic acid groups (broad SMARTS) is 1. The van der Waals surface area contributed by atoms with Crippen LogP contribution in [0.4, 0.5) is 0 Å². The number of hydrogen-bond acceptors (Lipinski definition) is 20. The standard InChI is InChI=1S/C72H130N2O21/c1-4-6-8-10-12-14-16-17-18-19-20-21-22-23-24-25-26-27-28-29-30-31-32-33-34-35-36-38-40-42-44-46-59(82)74-53(54(79)45-43-41-39-37-15-13-11-9-7-5-2)51-90-69-64(86)63(85)66(58(50-77)92-69)93-70-65(87)68(62(84)57(49-76)91-70)95-72(71(88)89)47-55(80)60(73-52(3)78)67(94-72)61(83)56(81)48-75/h20-21,23-24,43,45,53-58,60-70,75-77,79-81,83-87H,4-19,22,25-42,44,46-51H2,1-3H3,(H,73,78)(H,74,82)(H,88,89)/b21-20-,24-23-,45-43+. The van der Waals surface area contributed by atoms with E-state index in [1.807, 2.05) is 6.08 Å². The first-order chi connectivity index (χ1) is 45.9. The van der Waals surface area contributed by atoms with Crippen molar-refractivity contribution in [3.8, 4) is 0 Å². The lowest BCUT2D eigenvalue weighted by Crippen LogP contribution is -2.70. The van der Waals surface area contributed by atoms with Gasteiger partial charge in [0.1, 0.15) is 67.1 Å². The van der Waals surface area contributed by atoms with Gasteiger partial charge in [0.25, 0.3) is 5.79 Å². The van der Waals surface area contributed by atoms with E-state index in [9.17, 15) is 75.7 Å². The Morgan fingerprint density at radius 2 is 1.02 bits per heavy atom. The Morgan fingerprint density at radius 3 is 1.48 bits per heavy atom. The van der Waals surface area contributed by atoms with Crippen LogP contribution in [0.25, 0.3) is 0 Å². The Labute approximate surface area is 567 Å². The highest BCUT2D eigenvalue weighted by atomic mass is 16.8. The molecule has 18 atom stereocenters. The predicted molar refractivity (Wildman–Crippen MR) is 361 cm³/mol. The predicted octanol–water partition coefficient (Wildman–Crippen LogP) is 7.79. The van der Waals surface area contributed by atoms with Crippen LogP contribution >= 0.6 is 0 Å². The van der Waals surface area contributed by atoms with E-state index in [2.05, 4.69) is 48.8 Å². The van der Waals surface area contributed by atoms with Crippen LogP contribution in [0.15, 0.2) is 36.5 Å². The van der Waals surface area contributed by atoms with Gasteiger partial charge in [-0.2, -0.15) is 0 Å². The first-order valence-electron chi connectivity index (χ1n) is 36.9. The van der Waals surface area contributed by atoms with E-state index in [1.54, 1.807) is 6.08 Å². The fourth-order valence-electron chi connectivity index (χ4n) is 12.7. The normalized spacial score (nSPS) is 27.9. The molecule has 23 heteroatoms. The van der Waals surface area contributed by atoms with Crippen molar-refractivity contribution in [3.05, 3.63) is 36.5 Å². The molecule has 554 valence electrons. The molecule has 23 nitrogen and oxygen atoms in total. The monoisotopic (exact) mass is 1360 g/mol. The second-order valence-corrected chi connectivity index (χ2v) is 26.8. The highest BCUT2D eigenvalue weighted by molar-refractivity contribution is 5.77. The summed E-state index contributed by atoms with van der Waals surface area (Å²) in [6.07, 6.45) is 26.6. The van der Waals surface area contributed by atoms with Crippen molar-refractivity contribution >= 4 is 17.8 Å². The molecular weight excluding hydrogens is 1230 g/mol. The summed E-state index contributed by atoms with van der Waals surface area (Å²) in [4.78, 5) is 38.5. The third-order valence-corrected chi connectivity index (χ3v) is 18.6.